The summed E-state index contributed by atoms with van der Waals surface area (Å²) in [7, 11) is 0. The molecule has 0 spiro atoms. The molecule has 3 aromatic rings. The summed E-state index contributed by atoms with van der Waals surface area (Å²) < 4.78 is 0. The quantitative estimate of drug-likeness (QED) is 0.687. The number of aromatic hydroxyl groups is 1. The fourth-order valence-corrected chi connectivity index (χ4v) is 2.54. The minimum atomic E-state index is -0.277. The first kappa shape index (κ1) is 13.3. The van der Waals surface area contributed by atoms with Gasteiger partial charge in [0.2, 0.25) is 5.95 Å². The number of nitrogens with one attached hydrogen (secondary N) is 2. The van der Waals surface area contributed by atoms with Crippen LogP contribution in [-0.2, 0) is 6.42 Å². The van der Waals surface area contributed by atoms with E-state index in [0.29, 0.717) is 17.8 Å². The van der Waals surface area contributed by atoms with Crippen LogP contribution in [0.1, 0.15) is 10.6 Å². The van der Waals surface area contributed by atoms with Gasteiger partial charge in [-0.05, 0) is 23.6 Å². The van der Waals surface area contributed by atoms with E-state index in [-0.39, 0.29) is 17.3 Å². The van der Waals surface area contributed by atoms with E-state index < -0.39 is 0 Å². The van der Waals surface area contributed by atoms with Crippen LogP contribution in [0.4, 0.5) is 11.6 Å². The second kappa shape index (κ2) is 5.76. The average Bonchev–Trinajstić information content (AvgIpc) is 2.95. The van der Waals surface area contributed by atoms with Gasteiger partial charge >= 0.3 is 0 Å². The predicted molar refractivity (Wildman–Crippen MR) is 81.2 cm³/mol. The molecule has 0 radical (unpaired) electrons. The van der Waals surface area contributed by atoms with E-state index in [1.165, 1.54) is 6.07 Å². The molecular formula is C14H12N4O2S. The molecule has 21 heavy (non-hydrogen) atoms. The smallest absolute Gasteiger partial charge is 0.274 e. The molecular weight excluding hydrogens is 288 g/mol. The van der Waals surface area contributed by atoms with Crippen LogP contribution >= 0.6 is 11.3 Å². The van der Waals surface area contributed by atoms with E-state index >= 15 is 0 Å². The number of rotatable bonds is 4. The van der Waals surface area contributed by atoms with E-state index in [4.69, 9.17) is 0 Å². The monoisotopic (exact) mass is 300 g/mol. The van der Waals surface area contributed by atoms with Gasteiger partial charge in [-0.3, -0.25) is 9.78 Å². The summed E-state index contributed by atoms with van der Waals surface area (Å²) in [4.78, 5) is 15.7. The van der Waals surface area contributed by atoms with Crippen LogP contribution in [0.2, 0.25) is 0 Å². The minimum Gasteiger partial charge on any atom is -0.508 e. The Morgan fingerprint density at radius 2 is 2.14 bits per heavy atom. The number of phenolic OH excluding ortho intramolecular Hbond substituents is 1. The zero-order chi connectivity index (χ0) is 14.7. The van der Waals surface area contributed by atoms with Gasteiger partial charge in [0.15, 0.2) is 0 Å². The Bertz CT molecular complexity index is 799. The summed E-state index contributed by atoms with van der Waals surface area (Å²) >= 11 is 1.57. The van der Waals surface area contributed by atoms with Crippen molar-refractivity contribution >= 4 is 23.0 Å². The van der Waals surface area contributed by atoms with Gasteiger partial charge in [0.1, 0.15) is 11.4 Å². The minimum absolute atomic E-state index is 0.129. The van der Waals surface area contributed by atoms with Crippen molar-refractivity contribution in [1.82, 2.24) is 15.2 Å². The highest BCUT2D eigenvalue weighted by Crippen LogP contribution is 2.17. The summed E-state index contributed by atoms with van der Waals surface area (Å²) in [5.74, 6) is 0.366. The van der Waals surface area contributed by atoms with Crippen molar-refractivity contribution in [2.24, 2.45) is 0 Å². The number of nitrogens with zero attached hydrogens (tertiary/aromatic N) is 2. The lowest BCUT2D eigenvalue weighted by Crippen LogP contribution is -2.18. The molecule has 0 atom stereocenters. The number of aromatic amines is 1. The van der Waals surface area contributed by atoms with Crippen molar-refractivity contribution in [2.75, 3.05) is 5.32 Å². The first-order valence-corrected chi connectivity index (χ1v) is 7.13. The Morgan fingerprint density at radius 1 is 1.24 bits per heavy atom. The summed E-state index contributed by atoms with van der Waals surface area (Å²) in [6.07, 6.45) is 0.465. The van der Waals surface area contributed by atoms with Gasteiger partial charge in [0.25, 0.3) is 5.56 Å². The first-order valence-electron chi connectivity index (χ1n) is 6.25. The first-order chi connectivity index (χ1) is 10.2. The Labute approximate surface area is 124 Å². The van der Waals surface area contributed by atoms with E-state index in [2.05, 4.69) is 20.5 Å². The van der Waals surface area contributed by atoms with Crippen LogP contribution < -0.4 is 10.9 Å². The van der Waals surface area contributed by atoms with Gasteiger partial charge in [-0.1, -0.05) is 12.1 Å². The molecule has 0 saturated heterocycles. The van der Waals surface area contributed by atoms with Gasteiger partial charge in [-0.2, -0.15) is 0 Å². The largest absolute Gasteiger partial charge is 0.508 e. The lowest BCUT2D eigenvalue weighted by molar-refractivity contribution is 0.475. The molecule has 6 nitrogen and oxygen atoms in total. The maximum Gasteiger partial charge on any atom is 0.274 e. The molecule has 1 aromatic carbocycles. The molecule has 7 heteroatoms. The molecule has 3 rings (SSSR count). The van der Waals surface area contributed by atoms with Crippen LogP contribution in [0.5, 0.6) is 5.75 Å². The van der Waals surface area contributed by atoms with E-state index in [1.54, 1.807) is 29.5 Å². The lowest BCUT2D eigenvalue weighted by Gasteiger charge is -2.05. The van der Waals surface area contributed by atoms with Gasteiger partial charge in [0.05, 0.1) is 0 Å². The molecule has 0 aliphatic heterocycles. The van der Waals surface area contributed by atoms with Crippen LogP contribution in [0.3, 0.4) is 0 Å². The van der Waals surface area contributed by atoms with Crippen molar-refractivity contribution in [3.8, 4) is 5.75 Å². The molecule has 0 saturated carbocycles. The molecule has 2 aromatic heterocycles. The zero-order valence-corrected chi connectivity index (χ0v) is 11.7. The SMILES string of the molecule is O=c1[nH]c(Nc2cccc(O)c2)nnc1Cc1cccs1. The maximum atomic E-state index is 12.0. The van der Waals surface area contributed by atoms with Crippen LogP contribution in [0, 0.1) is 0 Å². The number of hydrogen-bond donors (Lipinski definition) is 3. The molecule has 0 unspecified atom stereocenters. The summed E-state index contributed by atoms with van der Waals surface area (Å²) in [5, 5.41) is 22.1. The molecule has 3 N–H and O–H groups in total. The Kier molecular flexibility index (Phi) is 3.65. The third-order valence-corrected chi connectivity index (χ3v) is 3.67. The summed E-state index contributed by atoms with van der Waals surface area (Å²) in [5.41, 5.74) is 0.714. The van der Waals surface area contributed by atoms with Crippen LogP contribution in [-0.4, -0.2) is 20.3 Å². The molecule has 0 aliphatic rings. The third-order valence-electron chi connectivity index (χ3n) is 2.80. The Balaban J connectivity index is 1.79. The van der Waals surface area contributed by atoms with Crippen LogP contribution in [0.15, 0.2) is 46.6 Å². The fraction of sp³-hybridized carbons (Fsp3) is 0.0714. The second-order valence-corrected chi connectivity index (χ2v) is 5.41. The van der Waals surface area contributed by atoms with E-state index in [9.17, 15) is 9.90 Å². The van der Waals surface area contributed by atoms with Crippen LogP contribution in [0.25, 0.3) is 0 Å². The van der Waals surface area contributed by atoms with Gasteiger partial charge in [-0.25, -0.2) is 0 Å². The number of benzene rings is 1. The second-order valence-electron chi connectivity index (χ2n) is 4.38. The zero-order valence-electron chi connectivity index (χ0n) is 10.9. The number of hydrogen-bond acceptors (Lipinski definition) is 6. The number of H-pyrrole nitrogens is 1. The Hall–Kier alpha value is -2.67. The van der Waals surface area contributed by atoms with Gasteiger partial charge in [-0.15, -0.1) is 21.5 Å². The highest BCUT2D eigenvalue weighted by molar-refractivity contribution is 7.09. The highest BCUT2D eigenvalue weighted by atomic mass is 32.1. The molecule has 0 fully saturated rings. The molecule has 106 valence electrons. The maximum absolute atomic E-state index is 12.0. The number of phenols is 1. The van der Waals surface area contributed by atoms with E-state index in [1.807, 2.05) is 17.5 Å². The van der Waals surface area contributed by atoms with Crippen molar-refractivity contribution in [3.05, 3.63) is 62.7 Å². The lowest BCUT2D eigenvalue weighted by atomic mass is 10.3. The predicted octanol–water partition coefficient (Wildman–Crippen LogP) is 2.27. The highest BCUT2D eigenvalue weighted by Gasteiger charge is 2.07. The normalized spacial score (nSPS) is 10.5. The fourth-order valence-electron chi connectivity index (χ4n) is 1.83. The number of aromatic nitrogens is 3. The molecule has 2 heterocycles. The molecule has 0 aliphatic carbocycles. The van der Waals surface area contributed by atoms with Crippen molar-refractivity contribution < 1.29 is 5.11 Å². The standard InChI is InChI=1S/C14H12N4O2S/c19-10-4-1-3-9(7-10)15-14-16-13(20)12(17-18-14)8-11-5-2-6-21-11/h1-7,19H,8H2,(H2,15,16,18,20). The molecule has 0 amide bonds. The van der Waals surface area contributed by atoms with E-state index in [0.717, 1.165) is 4.88 Å². The Morgan fingerprint density at radius 3 is 2.86 bits per heavy atom. The summed E-state index contributed by atoms with van der Waals surface area (Å²) in [6.45, 7) is 0. The van der Waals surface area contributed by atoms with Crippen molar-refractivity contribution in [2.45, 2.75) is 6.42 Å². The molecule has 0 bridgehead atoms. The van der Waals surface area contributed by atoms with Gasteiger partial charge in [0, 0.05) is 23.1 Å². The number of thiophene rings is 1. The number of anilines is 2. The summed E-state index contributed by atoms with van der Waals surface area (Å²) in [6, 6.07) is 10.4. The topological polar surface area (TPSA) is 90.9 Å². The van der Waals surface area contributed by atoms with Gasteiger partial charge < -0.3 is 10.4 Å². The van der Waals surface area contributed by atoms with Crippen molar-refractivity contribution in [1.29, 1.82) is 0 Å². The average molecular weight is 300 g/mol. The third kappa shape index (κ3) is 3.26. The van der Waals surface area contributed by atoms with Crippen molar-refractivity contribution in [3.63, 3.8) is 0 Å².